The molecule has 162 valence electrons. The lowest BCUT2D eigenvalue weighted by Crippen LogP contribution is -2.60. The van der Waals surface area contributed by atoms with Crippen molar-refractivity contribution >= 4 is 26.1 Å². The van der Waals surface area contributed by atoms with E-state index < -0.39 is 38.0 Å². The largest absolute Gasteiger partial charge is 0.507 e. The van der Waals surface area contributed by atoms with E-state index in [1.54, 1.807) is 31.2 Å². The minimum absolute atomic E-state index is 0.0232. The summed E-state index contributed by atoms with van der Waals surface area (Å²) in [6, 6.07) is 2.94. The molecular weight excluding hydrogens is 404 g/mol. The van der Waals surface area contributed by atoms with Gasteiger partial charge >= 0.3 is 5.97 Å². The SMILES string of the molecule is COc1cc(O)c2c(c1)/C=C/C[C@@]1(O)C(C=CC(=O)[C@H]1O[Si](C)(C)C)[C@H](C)OC2=O. The molecule has 0 aromatic heterocycles. The fraction of sp³-hybridized carbons (Fsp3) is 0.455. The summed E-state index contributed by atoms with van der Waals surface area (Å²) >= 11 is 0. The summed E-state index contributed by atoms with van der Waals surface area (Å²) in [6.45, 7) is 7.50. The number of phenolic OH excluding ortho intramolecular Hbond substituents is 1. The zero-order chi connectivity index (χ0) is 22.3. The van der Waals surface area contributed by atoms with E-state index in [1.807, 2.05) is 19.6 Å². The minimum atomic E-state index is -2.17. The molecule has 4 atom stereocenters. The van der Waals surface area contributed by atoms with Crippen molar-refractivity contribution in [1.82, 2.24) is 0 Å². The number of aliphatic hydroxyl groups is 1. The minimum Gasteiger partial charge on any atom is -0.507 e. The summed E-state index contributed by atoms with van der Waals surface area (Å²) in [5.41, 5.74) is -1.16. The van der Waals surface area contributed by atoms with E-state index in [-0.39, 0.29) is 23.5 Å². The maximum Gasteiger partial charge on any atom is 0.342 e. The first kappa shape index (κ1) is 22.3. The van der Waals surface area contributed by atoms with E-state index in [1.165, 1.54) is 19.3 Å². The highest BCUT2D eigenvalue weighted by atomic mass is 28.4. The Kier molecular flexibility index (Phi) is 5.95. The van der Waals surface area contributed by atoms with Crippen LogP contribution in [0.15, 0.2) is 30.4 Å². The molecule has 1 unspecified atom stereocenters. The second kappa shape index (κ2) is 8.01. The van der Waals surface area contributed by atoms with Gasteiger partial charge in [0, 0.05) is 12.0 Å². The molecule has 1 aliphatic carbocycles. The molecule has 0 radical (unpaired) electrons. The first-order valence-corrected chi connectivity index (χ1v) is 13.3. The fourth-order valence-corrected chi connectivity index (χ4v) is 4.99. The summed E-state index contributed by atoms with van der Waals surface area (Å²) in [5.74, 6) is -1.57. The van der Waals surface area contributed by atoms with Crippen LogP contribution in [-0.4, -0.2) is 55.2 Å². The number of rotatable bonds is 3. The average molecular weight is 433 g/mol. The van der Waals surface area contributed by atoms with Crippen LogP contribution >= 0.6 is 0 Å². The highest BCUT2D eigenvalue weighted by molar-refractivity contribution is 6.70. The molecule has 30 heavy (non-hydrogen) atoms. The van der Waals surface area contributed by atoms with Crippen molar-refractivity contribution in [2.24, 2.45) is 5.92 Å². The summed E-state index contributed by atoms with van der Waals surface area (Å²) < 4.78 is 16.9. The van der Waals surface area contributed by atoms with Gasteiger partial charge in [-0.05, 0) is 50.7 Å². The van der Waals surface area contributed by atoms with Crippen LogP contribution in [0.1, 0.15) is 29.3 Å². The molecular formula is C22H28O7Si. The summed E-state index contributed by atoms with van der Waals surface area (Å²) in [5, 5.41) is 22.0. The van der Waals surface area contributed by atoms with Gasteiger partial charge in [-0.2, -0.15) is 0 Å². The number of carbonyl (C=O) groups is 2. The summed E-state index contributed by atoms with van der Waals surface area (Å²) in [4.78, 5) is 25.5. The molecule has 1 aromatic carbocycles. The maximum absolute atomic E-state index is 12.9. The molecule has 2 aliphatic rings. The monoisotopic (exact) mass is 432 g/mol. The standard InChI is InChI=1S/C22H28O7Si/c1-13-16-8-9-17(23)20(29-30(3,4)5)22(16,26)10-6-7-14-11-15(27-2)12-18(24)19(14)21(25)28-13/h6-9,11-13,16,20,24,26H,10H2,1-5H3/b7-6+/t13-,16?,20+,22+/m0/s1. The van der Waals surface area contributed by atoms with Gasteiger partial charge < -0.3 is 24.1 Å². The molecule has 2 N–H and O–H groups in total. The molecule has 0 bridgehead atoms. The molecule has 0 fully saturated rings. The van der Waals surface area contributed by atoms with E-state index in [0.29, 0.717) is 11.3 Å². The number of fused-ring (bicyclic) bond motifs is 2. The van der Waals surface area contributed by atoms with Gasteiger partial charge in [0.1, 0.15) is 34.9 Å². The average Bonchev–Trinajstić information content (AvgIpc) is 2.63. The molecule has 1 heterocycles. The van der Waals surface area contributed by atoms with Gasteiger partial charge in [0.05, 0.1) is 7.11 Å². The maximum atomic E-state index is 12.9. The van der Waals surface area contributed by atoms with Crippen LogP contribution in [0.5, 0.6) is 11.5 Å². The molecule has 0 amide bonds. The molecule has 0 spiro atoms. The van der Waals surface area contributed by atoms with Crippen molar-refractivity contribution in [2.45, 2.75) is 50.8 Å². The van der Waals surface area contributed by atoms with Crippen LogP contribution in [0.25, 0.3) is 6.08 Å². The van der Waals surface area contributed by atoms with Gasteiger partial charge in [0.25, 0.3) is 0 Å². The normalized spacial score (nSPS) is 30.1. The van der Waals surface area contributed by atoms with E-state index >= 15 is 0 Å². The molecule has 0 saturated heterocycles. The number of benzene rings is 1. The second-order valence-electron chi connectivity index (χ2n) is 8.72. The van der Waals surface area contributed by atoms with Gasteiger partial charge in [-0.25, -0.2) is 4.79 Å². The van der Waals surface area contributed by atoms with Crippen LogP contribution in [0, 0.1) is 5.92 Å². The number of methoxy groups -OCH3 is 1. The molecule has 1 aliphatic heterocycles. The third-order valence-corrected chi connectivity index (χ3v) is 6.27. The molecule has 0 saturated carbocycles. The number of esters is 1. The highest BCUT2D eigenvalue weighted by Gasteiger charge is 2.52. The summed E-state index contributed by atoms with van der Waals surface area (Å²) in [7, 11) is -0.715. The Bertz CT molecular complexity index is 915. The third-order valence-electron chi connectivity index (χ3n) is 5.33. The lowest BCUT2D eigenvalue weighted by atomic mass is 9.72. The van der Waals surface area contributed by atoms with E-state index in [2.05, 4.69) is 0 Å². The van der Waals surface area contributed by atoms with Crippen LogP contribution in [0.3, 0.4) is 0 Å². The molecule has 8 heteroatoms. The van der Waals surface area contributed by atoms with Crippen molar-refractivity contribution in [3.05, 3.63) is 41.5 Å². The Morgan fingerprint density at radius 1 is 1.20 bits per heavy atom. The number of ketones is 1. The van der Waals surface area contributed by atoms with Crippen molar-refractivity contribution in [3.8, 4) is 11.5 Å². The van der Waals surface area contributed by atoms with Gasteiger partial charge in [-0.3, -0.25) is 4.79 Å². The predicted molar refractivity (Wildman–Crippen MR) is 114 cm³/mol. The Hall–Kier alpha value is -2.42. The first-order valence-electron chi connectivity index (χ1n) is 9.87. The van der Waals surface area contributed by atoms with Crippen LogP contribution in [0.2, 0.25) is 19.6 Å². The van der Waals surface area contributed by atoms with E-state index in [4.69, 9.17) is 13.9 Å². The lowest BCUT2D eigenvalue weighted by molar-refractivity contribution is -0.151. The fourth-order valence-electron chi connectivity index (χ4n) is 3.96. The molecule has 7 nitrogen and oxygen atoms in total. The number of cyclic esters (lactones) is 1. The van der Waals surface area contributed by atoms with Gasteiger partial charge in [0.15, 0.2) is 14.1 Å². The zero-order valence-corrected chi connectivity index (χ0v) is 18.8. The molecule has 3 rings (SSSR count). The topological polar surface area (TPSA) is 102 Å². The van der Waals surface area contributed by atoms with Gasteiger partial charge in [-0.15, -0.1) is 0 Å². The van der Waals surface area contributed by atoms with Crippen LogP contribution < -0.4 is 4.74 Å². The lowest BCUT2D eigenvalue weighted by Gasteiger charge is -2.45. The van der Waals surface area contributed by atoms with E-state index in [0.717, 1.165) is 0 Å². The molecule has 1 aromatic rings. The van der Waals surface area contributed by atoms with Crippen LogP contribution in [0.4, 0.5) is 0 Å². The summed E-state index contributed by atoms with van der Waals surface area (Å²) in [6.07, 6.45) is 4.54. The predicted octanol–water partition coefficient (Wildman–Crippen LogP) is 3.07. The quantitative estimate of drug-likeness (QED) is 0.559. The number of phenols is 1. The van der Waals surface area contributed by atoms with E-state index in [9.17, 15) is 19.8 Å². The second-order valence-corrected chi connectivity index (χ2v) is 13.2. The number of aromatic hydroxyl groups is 1. The van der Waals surface area contributed by atoms with Crippen molar-refractivity contribution in [2.75, 3.05) is 7.11 Å². The van der Waals surface area contributed by atoms with Crippen LogP contribution in [-0.2, 0) is 14.0 Å². The zero-order valence-electron chi connectivity index (χ0n) is 17.8. The highest BCUT2D eigenvalue weighted by Crippen LogP contribution is 2.40. The third kappa shape index (κ3) is 4.21. The number of carbonyl (C=O) groups excluding carboxylic acids is 2. The number of hydrogen-bond donors (Lipinski definition) is 2. The Morgan fingerprint density at radius 2 is 1.90 bits per heavy atom. The Balaban J connectivity index is 2.11. The number of hydrogen-bond acceptors (Lipinski definition) is 7. The first-order chi connectivity index (χ1) is 14.0. The van der Waals surface area contributed by atoms with Gasteiger partial charge in [0.2, 0.25) is 0 Å². The Labute approximate surface area is 177 Å². The van der Waals surface area contributed by atoms with Crippen molar-refractivity contribution in [3.63, 3.8) is 0 Å². The Morgan fingerprint density at radius 3 is 2.53 bits per heavy atom. The van der Waals surface area contributed by atoms with Gasteiger partial charge in [-0.1, -0.05) is 18.2 Å². The van der Waals surface area contributed by atoms with Crippen molar-refractivity contribution in [1.29, 1.82) is 0 Å². The number of ether oxygens (including phenoxy) is 2. The smallest absolute Gasteiger partial charge is 0.342 e. The van der Waals surface area contributed by atoms with Crippen molar-refractivity contribution < 1.29 is 33.7 Å².